The van der Waals surface area contributed by atoms with Crippen molar-refractivity contribution in [2.75, 3.05) is 19.6 Å². The molecule has 0 spiro atoms. The monoisotopic (exact) mass is 874 g/mol. The Labute approximate surface area is 374 Å². The third-order valence-electron chi connectivity index (χ3n) is 10.8. The Bertz CT molecular complexity index is 2250. The van der Waals surface area contributed by atoms with Crippen molar-refractivity contribution < 1.29 is 24.0 Å². The van der Waals surface area contributed by atoms with Crippen LogP contribution in [-0.4, -0.2) is 99.1 Å². The number of nitrogens with zero attached hydrogens (tertiary/aromatic N) is 3. The number of hydrogen-bond donors (Lipinski definition) is 8. The van der Waals surface area contributed by atoms with E-state index in [1.54, 1.807) is 11.1 Å². The fraction of sp³-hybridized carbons (Fsp3) is 0.396. The minimum Gasteiger partial charge on any atom is -0.370 e. The van der Waals surface area contributed by atoms with Crippen molar-refractivity contribution in [3.8, 4) is 0 Å². The number of H-pyrrole nitrogens is 2. The summed E-state index contributed by atoms with van der Waals surface area (Å²) in [5.41, 5.74) is 15.4. The van der Waals surface area contributed by atoms with Crippen LogP contribution < -0.4 is 32.7 Å². The molecular formula is C48H63N11O5. The molecule has 2 heterocycles. The van der Waals surface area contributed by atoms with E-state index in [1.165, 1.54) is 6.33 Å². The molecular weight excluding hydrogens is 811 g/mol. The maximum absolute atomic E-state index is 14.5. The molecule has 0 saturated heterocycles. The number of aliphatic imine (C=N–C) groups is 1. The van der Waals surface area contributed by atoms with Gasteiger partial charge < -0.3 is 47.6 Å². The summed E-state index contributed by atoms with van der Waals surface area (Å²) in [6.07, 6.45) is 8.62. The number of hydrogen-bond acceptors (Lipinski definition) is 7. The Morgan fingerprint density at radius 2 is 1.30 bits per heavy atom. The average molecular weight is 874 g/mol. The number of aryl methyl sites for hydroxylation is 1. The van der Waals surface area contributed by atoms with Crippen molar-refractivity contribution >= 4 is 46.4 Å². The first kappa shape index (κ1) is 48.1. The highest BCUT2D eigenvalue weighted by molar-refractivity contribution is 5.96. The van der Waals surface area contributed by atoms with Gasteiger partial charge in [-0.25, -0.2) is 4.98 Å². The zero-order valence-corrected chi connectivity index (χ0v) is 36.9. The Hall–Kier alpha value is -6.97. The number of rotatable bonds is 26. The van der Waals surface area contributed by atoms with E-state index in [1.807, 2.05) is 105 Å². The number of fused-ring (bicyclic) bond motifs is 1. The van der Waals surface area contributed by atoms with Crippen molar-refractivity contribution in [3.63, 3.8) is 0 Å². The Kier molecular flexibility index (Phi) is 18.9. The van der Waals surface area contributed by atoms with Gasteiger partial charge in [-0.2, -0.15) is 0 Å². The zero-order valence-electron chi connectivity index (χ0n) is 36.9. The van der Waals surface area contributed by atoms with Gasteiger partial charge in [-0.3, -0.25) is 29.0 Å². The third kappa shape index (κ3) is 15.1. The number of carbonyl (C=O) groups excluding carboxylic acids is 5. The number of amides is 5. The molecule has 16 nitrogen and oxygen atoms in total. The van der Waals surface area contributed by atoms with Gasteiger partial charge >= 0.3 is 0 Å². The van der Waals surface area contributed by atoms with E-state index < -0.39 is 41.9 Å². The molecule has 2 aromatic heterocycles. The molecule has 5 rings (SSSR count). The first-order chi connectivity index (χ1) is 31.0. The van der Waals surface area contributed by atoms with E-state index in [9.17, 15) is 24.0 Å². The molecule has 16 heteroatoms. The van der Waals surface area contributed by atoms with Crippen LogP contribution in [0.3, 0.4) is 0 Å². The van der Waals surface area contributed by atoms with Gasteiger partial charge in [0.05, 0.1) is 6.33 Å². The summed E-state index contributed by atoms with van der Waals surface area (Å²) in [5, 5.41) is 12.6. The Morgan fingerprint density at radius 1 is 0.688 bits per heavy atom. The van der Waals surface area contributed by atoms with Crippen LogP contribution in [0.25, 0.3) is 10.9 Å². The first-order valence-corrected chi connectivity index (χ1v) is 22.2. The van der Waals surface area contributed by atoms with Gasteiger partial charge in [0.25, 0.3) is 0 Å². The summed E-state index contributed by atoms with van der Waals surface area (Å²) in [5.74, 6) is -2.45. The minimum absolute atomic E-state index is 0.0766. The van der Waals surface area contributed by atoms with E-state index in [2.05, 4.69) is 41.2 Å². The number of aromatic amines is 2. The number of carbonyl (C=O) groups is 5. The standard InChI is InChI=1S/C48H63N11O5/c1-3-25-59(26-4-2)47(64)42(28-35-30-53-38-21-12-11-20-37(35)38)58-44(61)39(22-14-24-52-48(49)50)56-45(62)40(27-34-17-9-6-10-18-34)57-46(63)41(29-36-31-51-32-54-36)55-43(60)23-13-19-33-15-7-5-8-16-33/h5-12,15-18,20-21,30-32,39-42,53H,3-4,13-14,19,22-29H2,1-2H3,(H,51,54)(H,55,60)(H,56,62)(H,57,63)(H,58,61)(H4,49,50,52)/t39-,40+,41-,42-/m0/s1. The molecule has 0 radical (unpaired) electrons. The highest BCUT2D eigenvalue weighted by Gasteiger charge is 2.33. The summed E-state index contributed by atoms with van der Waals surface area (Å²) >= 11 is 0. The van der Waals surface area contributed by atoms with Gasteiger partial charge in [-0.15, -0.1) is 0 Å². The number of nitrogens with one attached hydrogen (secondary N) is 6. The topological polar surface area (TPSA) is 246 Å². The molecule has 340 valence electrons. The fourth-order valence-electron chi connectivity index (χ4n) is 7.65. The predicted molar refractivity (Wildman–Crippen MR) is 249 cm³/mol. The zero-order chi connectivity index (χ0) is 45.7. The summed E-state index contributed by atoms with van der Waals surface area (Å²) in [6.45, 7) is 5.21. The molecule has 5 amide bonds. The quantitative estimate of drug-likeness (QED) is 0.0231. The lowest BCUT2D eigenvalue weighted by Gasteiger charge is -2.29. The normalized spacial score (nSPS) is 12.9. The second-order valence-corrected chi connectivity index (χ2v) is 16.0. The third-order valence-corrected chi connectivity index (χ3v) is 10.8. The van der Waals surface area contributed by atoms with E-state index in [0.717, 1.165) is 40.4 Å². The van der Waals surface area contributed by atoms with Crippen LogP contribution in [0, 0.1) is 0 Å². The lowest BCUT2D eigenvalue weighted by Crippen LogP contribution is -2.59. The van der Waals surface area contributed by atoms with Gasteiger partial charge in [0.2, 0.25) is 29.5 Å². The van der Waals surface area contributed by atoms with Crippen LogP contribution in [0.15, 0.2) is 109 Å². The lowest BCUT2D eigenvalue weighted by molar-refractivity contribution is -0.138. The van der Waals surface area contributed by atoms with Crippen LogP contribution >= 0.6 is 0 Å². The van der Waals surface area contributed by atoms with Crippen molar-refractivity contribution in [3.05, 3.63) is 126 Å². The Balaban J connectivity index is 1.39. The summed E-state index contributed by atoms with van der Waals surface area (Å²) in [6, 6.07) is 22.4. The molecule has 0 aliphatic heterocycles. The molecule has 0 unspecified atom stereocenters. The van der Waals surface area contributed by atoms with Gasteiger partial charge in [0.1, 0.15) is 24.2 Å². The minimum atomic E-state index is -1.17. The van der Waals surface area contributed by atoms with Crippen LogP contribution in [-0.2, 0) is 49.7 Å². The van der Waals surface area contributed by atoms with E-state index in [-0.39, 0.29) is 56.4 Å². The summed E-state index contributed by atoms with van der Waals surface area (Å²) in [7, 11) is 0. The number of benzene rings is 3. The van der Waals surface area contributed by atoms with Crippen LogP contribution in [0.5, 0.6) is 0 Å². The van der Waals surface area contributed by atoms with Crippen molar-refractivity contribution in [1.29, 1.82) is 0 Å². The molecule has 64 heavy (non-hydrogen) atoms. The molecule has 0 fully saturated rings. The van der Waals surface area contributed by atoms with Crippen LogP contribution in [0.4, 0.5) is 0 Å². The molecule has 0 aliphatic carbocycles. The molecule has 0 saturated carbocycles. The molecule has 4 atom stereocenters. The first-order valence-electron chi connectivity index (χ1n) is 22.2. The van der Waals surface area contributed by atoms with Gasteiger partial charge in [-0.1, -0.05) is 92.7 Å². The van der Waals surface area contributed by atoms with E-state index in [4.69, 9.17) is 11.5 Å². The number of imidazole rings is 1. The summed E-state index contributed by atoms with van der Waals surface area (Å²) < 4.78 is 0. The number of nitrogens with two attached hydrogens (primary N) is 2. The molecule has 5 aromatic rings. The predicted octanol–water partition coefficient (Wildman–Crippen LogP) is 3.58. The average Bonchev–Trinajstić information content (AvgIpc) is 3.97. The van der Waals surface area contributed by atoms with Crippen molar-refractivity contribution in [2.24, 2.45) is 16.5 Å². The highest BCUT2D eigenvalue weighted by atomic mass is 16.2. The summed E-state index contributed by atoms with van der Waals surface area (Å²) in [4.78, 5) is 87.0. The Morgan fingerprint density at radius 3 is 1.95 bits per heavy atom. The van der Waals surface area contributed by atoms with Crippen molar-refractivity contribution in [2.45, 2.75) is 102 Å². The highest BCUT2D eigenvalue weighted by Crippen LogP contribution is 2.20. The molecule has 3 aromatic carbocycles. The van der Waals surface area contributed by atoms with Gasteiger partial charge in [0.15, 0.2) is 5.96 Å². The largest absolute Gasteiger partial charge is 0.370 e. The van der Waals surface area contributed by atoms with Gasteiger partial charge in [-0.05, 0) is 61.3 Å². The molecule has 10 N–H and O–H groups in total. The maximum atomic E-state index is 14.5. The number of guanidine groups is 1. The SMILES string of the molecule is CCCN(CCC)C(=O)[C@H](Cc1c[nH]c2ccccc12)NC(=O)[C@H](CCCN=C(N)N)NC(=O)[C@@H](Cc1ccccc1)NC(=O)[C@H](Cc1cnc[nH]1)NC(=O)CCCc1ccccc1. The number of aromatic nitrogens is 3. The molecule has 0 aliphatic rings. The van der Waals surface area contributed by atoms with E-state index >= 15 is 0 Å². The second kappa shape index (κ2) is 25.2. The fourth-order valence-corrected chi connectivity index (χ4v) is 7.65. The van der Waals surface area contributed by atoms with Crippen LogP contribution in [0.2, 0.25) is 0 Å². The lowest BCUT2D eigenvalue weighted by atomic mass is 10.0. The molecule has 0 bridgehead atoms. The van der Waals surface area contributed by atoms with Crippen molar-refractivity contribution in [1.82, 2.24) is 41.1 Å². The maximum Gasteiger partial charge on any atom is 0.245 e. The smallest absolute Gasteiger partial charge is 0.245 e. The second-order valence-electron chi connectivity index (χ2n) is 16.0. The van der Waals surface area contributed by atoms with Crippen LogP contribution in [0.1, 0.15) is 74.8 Å². The van der Waals surface area contributed by atoms with E-state index in [0.29, 0.717) is 38.0 Å². The van der Waals surface area contributed by atoms with Gasteiger partial charge in [0, 0.05) is 74.3 Å². The number of para-hydroxylation sites is 1.